The van der Waals surface area contributed by atoms with Crippen LogP contribution < -0.4 is 0 Å². The van der Waals surface area contributed by atoms with Crippen LogP contribution >= 0.6 is 0 Å². The topological polar surface area (TPSA) is 34.1 Å². The number of carbonyl (C=O) groups is 2. The van der Waals surface area contributed by atoms with Gasteiger partial charge in [0, 0.05) is 24.0 Å². The zero-order chi connectivity index (χ0) is 21.2. The summed E-state index contributed by atoms with van der Waals surface area (Å²) in [6, 6.07) is 31.6. The monoisotopic (exact) mass is 402 g/mol. The molecule has 2 heteroatoms. The fourth-order valence-electron chi connectivity index (χ4n) is 4.32. The summed E-state index contributed by atoms with van der Waals surface area (Å²) in [4.78, 5) is 25.5. The van der Waals surface area contributed by atoms with Crippen LogP contribution in [0, 0.1) is 0 Å². The van der Waals surface area contributed by atoms with E-state index in [0.29, 0.717) is 12.8 Å². The predicted molar refractivity (Wildman–Crippen MR) is 124 cm³/mol. The Bertz CT molecular complexity index is 1170. The molecule has 0 fully saturated rings. The molecule has 5 rings (SSSR count). The number of hydrogen-bond acceptors (Lipinski definition) is 2. The SMILES string of the molecule is O=C(Cc1ccccc1)c1ccc2c(c1)Cc1cc(C(=O)Cc3ccccc3)ccc1-2. The Morgan fingerprint density at radius 1 is 0.548 bits per heavy atom. The standard InChI is InChI=1S/C29H22O2/c30-28(15-20-7-3-1-4-8-20)22-11-13-26-24(17-22)19-25-18-23(12-14-27(25)26)29(31)16-21-9-5-2-6-10-21/h1-14,17-18H,15-16,19H2. The first-order chi connectivity index (χ1) is 15.2. The number of benzene rings is 4. The molecule has 0 spiro atoms. The molecular weight excluding hydrogens is 380 g/mol. The largest absolute Gasteiger partial charge is 0.294 e. The minimum Gasteiger partial charge on any atom is -0.294 e. The number of fused-ring (bicyclic) bond motifs is 3. The van der Waals surface area contributed by atoms with Crippen molar-refractivity contribution in [2.24, 2.45) is 0 Å². The van der Waals surface area contributed by atoms with Gasteiger partial charge in [0.25, 0.3) is 0 Å². The summed E-state index contributed by atoms with van der Waals surface area (Å²) < 4.78 is 0. The van der Waals surface area contributed by atoms with E-state index >= 15 is 0 Å². The number of ketones is 2. The van der Waals surface area contributed by atoms with Gasteiger partial charge in [-0.15, -0.1) is 0 Å². The second-order valence-corrected chi connectivity index (χ2v) is 8.09. The first kappa shape index (κ1) is 19.2. The van der Waals surface area contributed by atoms with Crippen molar-refractivity contribution in [3.63, 3.8) is 0 Å². The molecule has 4 aromatic carbocycles. The van der Waals surface area contributed by atoms with E-state index in [1.54, 1.807) is 0 Å². The average Bonchev–Trinajstić information content (AvgIpc) is 3.17. The first-order valence-corrected chi connectivity index (χ1v) is 10.6. The first-order valence-electron chi connectivity index (χ1n) is 10.6. The lowest BCUT2D eigenvalue weighted by Gasteiger charge is -2.06. The summed E-state index contributed by atoms with van der Waals surface area (Å²) in [5.41, 5.74) is 8.17. The highest BCUT2D eigenvalue weighted by molar-refractivity contribution is 6.00. The van der Waals surface area contributed by atoms with Gasteiger partial charge in [-0.05, 0) is 51.9 Å². The molecule has 0 bridgehead atoms. The maximum Gasteiger partial charge on any atom is 0.167 e. The highest BCUT2D eigenvalue weighted by Crippen LogP contribution is 2.37. The summed E-state index contributed by atoms with van der Waals surface area (Å²) in [6.45, 7) is 0. The van der Waals surface area contributed by atoms with Crippen molar-refractivity contribution >= 4 is 11.6 Å². The molecule has 0 heterocycles. The van der Waals surface area contributed by atoms with Crippen LogP contribution in [0.3, 0.4) is 0 Å². The zero-order valence-corrected chi connectivity index (χ0v) is 17.2. The van der Waals surface area contributed by atoms with Gasteiger partial charge >= 0.3 is 0 Å². The molecule has 150 valence electrons. The van der Waals surface area contributed by atoms with Gasteiger partial charge in [0.2, 0.25) is 0 Å². The van der Waals surface area contributed by atoms with Gasteiger partial charge in [-0.3, -0.25) is 9.59 Å². The number of rotatable bonds is 6. The van der Waals surface area contributed by atoms with Crippen LogP contribution in [-0.2, 0) is 19.3 Å². The van der Waals surface area contributed by atoms with E-state index in [-0.39, 0.29) is 11.6 Å². The lowest BCUT2D eigenvalue weighted by molar-refractivity contribution is 0.0985. The summed E-state index contributed by atoms with van der Waals surface area (Å²) in [6.07, 6.45) is 1.57. The minimum atomic E-state index is 0.128. The Morgan fingerprint density at radius 3 is 1.39 bits per heavy atom. The Kier molecular flexibility index (Phi) is 5.05. The van der Waals surface area contributed by atoms with Crippen LogP contribution in [-0.4, -0.2) is 11.6 Å². The highest BCUT2D eigenvalue weighted by Gasteiger charge is 2.21. The molecule has 0 atom stereocenters. The molecule has 1 aliphatic rings. The zero-order valence-electron chi connectivity index (χ0n) is 17.2. The van der Waals surface area contributed by atoms with Gasteiger partial charge in [0.1, 0.15) is 0 Å². The van der Waals surface area contributed by atoms with Crippen LogP contribution in [0.5, 0.6) is 0 Å². The molecule has 0 saturated heterocycles. The smallest absolute Gasteiger partial charge is 0.167 e. The van der Waals surface area contributed by atoms with Gasteiger partial charge in [-0.2, -0.15) is 0 Å². The van der Waals surface area contributed by atoms with E-state index in [4.69, 9.17) is 0 Å². The third-order valence-corrected chi connectivity index (χ3v) is 5.94. The van der Waals surface area contributed by atoms with Crippen molar-refractivity contribution in [1.82, 2.24) is 0 Å². The van der Waals surface area contributed by atoms with Crippen LogP contribution in [0.15, 0.2) is 97.1 Å². The third-order valence-electron chi connectivity index (χ3n) is 5.94. The Hall–Kier alpha value is -3.78. The number of Topliss-reactive ketones (excluding diaryl/α,β-unsaturated/α-hetero) is 2. The van der Waals surface area contributed by atoms with Gasteiger partial charge in [0.15, 0.2) is 11.6 Å². The van der Waals surface area contributed by atoms with Crippen molar-refractivity contribution in [1.29, 1.82) is 0 Å². The molecule has 0 aromatic heterocycles. The van der Waals surface area contributed by atoms with E-state index in [9.17, 15) is 9.59 Å². The van der Waals surface area contributed by atoms with Gasteiger partial charge < -0.3 is 0 Å². The maximum absolute atomic E-state index is 12.8. The number of hydrogen-bond donors (Lipinski definition) is 0. The molecule has 1 aliphatic carbocycles. The van der Waals surface area contributed by atoms with Crippen LogP contribution in [0.2, 0.25) is 0 Å². The molecule has 0 saturated carbocycles. The maximum atomic E-state index is 12.8. The third kappa shape index (κ3) is 3.97. The van der Waals surface area contributed by atoms with Gasteiger partial charge in [-0.25, -0.2) is 0 Å². The van der Waals surface area contributed by atoms with E-state index in [1.807, 2.05) is 97.1 Å². The van der Waals surface area contributed by atoms with Gasteiger partial charge in [-0.1, -0.05) is 84.9 Å². The van der Waals surface area contributed by atoms with Gasteiger partial charge in [0.05, 0.1) is 0 Å². The molecule has 0 radical (unpaired) electrons. The van der Waals surface area contributed by atoms with E-state index < -0.39 is 0 Å². The lowest BCUT2D eigenvalue weighted by Crippen LogP contribution is -2.04. The second kappa shape index (κ2) is 8.16. The van der Waals surface area contributed by atoms with Crippen molar-refractivity contribution in [2.45, 2.75) is 19.3 Å². The fraction of sp³-hybridized carbons (Fsp3) is 0.103. The van der Waals surface area contributed by atoms with Crippen LogP contribution in [0.4, 0.5) is 0 Å². The quantitative estimate of drug-likeness (QED) is 0.321. The second-order valence-electron chi connectivity index (χ2n) is 8.09. The minimum absolute atomic E-state index is 0.128. The molecule has 0 unspecified atom stereocenters. The fourth-order valence-corrected chi connectivity index (χ4v) is 4.32. The molecule has 2 nitrogen and oxygen atoms in total. The molecule has 31 heavy (non-hydrogen) atoms. The van der Waals surface area contributed by atoms with E-state index in [0.717, 1.165) is 50.9 Å². The van der Waals surface area contributed by atoms with Crippen molar-refractivity contribution in [3.05, 3.63) is 130 Å². The molecule has 0 N–H and O–H groups in total. The van der Waals surface area contributed by atoms with Crippen LogP contribution in [0.1, 0.15) is 43.0 Å². The summed E-state index contributed by atoms with van der Waals surface area (Å²) in [7, 11) is 0. The van der Waals surface area contributed by atoms with E-state index in [1.165, 1.54) is 0 Å². The number of carbonyl (C=O) groups excluding carboxylic acids is 2. The highest BCUT2D eigenvalue weighted by atomic mass is 16.1. The van der Waals surface area contributed by atoms with Crippen LogP contribution in [0.25, 0.3) is 11.1 Å². The van der Waals surface area contributed by atoms with Crippen molar-refractivity contribution in [3.8, 4) is 11.1 Å². The van der Waals surface area contributed by atoms with E-state index in [2.05, 4.69) is 0 Å². The molecule has 0 aliphatic heterocycles. The Balaban J connectivity index is 1.35. The molecular formula is C29H22O2. The summed E-state index contributed by atoms with van der Waals surface area (Å²) in [5.74, 6) is 0.257. The summed E-state index contributed by atoms with van der Waals surface area (Å²) >= 11 is 0. The molecule has 0 amide bonds. The summed E-state index contributed by atoms with van der Waals surface area (Å²) in [5, 5.41) is 0. The normalized spacial score (nSPS) is 11.6. The Labute approximate surface area is 182 Å². The Morgan fingerprint density at radius 2 is 0.968 bits per heavy atom. The predicted octanol–water partition coefficient (Wildman–Crippen LogP) is 6.11. The van der Waals surface area contributed by atoms with Crippen molar-refractivity contribution in [2.75, 3.05) is 0 Å². The molecule has 4 aromatic rings. The lowest BCUT2D eigenvalue weighted by atomic mass is 9.97. The van der Waals surface area contributed by atoms with Crippen molar-refractivity contribution < 1.29 is 9.59 Å². The average molecular weight is 402 g/mol.